The topological polar surface area (TPSA) is 49.7 Å². The van der Waals surface area contributed by atoms with Crippen molar-refractivity contribution >= 4 is 18.0 Å². The molecule has 1 rings (SSSR count). The van der Waals surface area contributed by atoms with Gasteiger partial charge in [-0.25, -0.2) is 4.21 Å². The lowest BCUT2D eigenvalue weighted by molar-refractivity contribution is 0.0603. The largest absolute Gasteiger partial charge is 0.388 e. The summed E-state index contributed by atoms with van der Waals surface area (Å²) < 4.78 is 18.4. The second kappa shape index (κ2) is 6.34. The average Bonchev–Trinajstić information content (AvgIpc) is 2.33. The minimum absolute atomic E-state index is 0.326. The first kappa shape index (κ1) is 20.4. The van der Waals surface area contributed by atoms with Crippen LogP contribution in [0.4, 0.5) is 0 Å². The van der Waals surface area contributed by atoms with E-state index in [0.29, 0.717) is 4.90 Å². The molecule has 132 valence electrons. The second-order valence-corrected chi connectivity index (χ2v) is 17.0. The highest BCUT2D eigenvalue weighted by atomic mass is 32.2. The molecule has 0 amide bonds. The Morgan fingerprint density at radius 3 is 1.91 bits per heavy atom. The lowest BCUT2D eigenvalue weighted by Crippen LogP contribution is -2.34. The van der Waals surface area contributed by atoms with Gasteiger partial charge in [-0.15, -0.1) is 0 Å². The molecule has 0 fully saturated rings. The Kier molecular flexibility index (Phi) is 5.62. The van der Waals surface area contributed by atoms with E-state index in [9.17, 15) is 9.32 Å². The fourth-order valence-electron chi connectivity index (χ4n) is 2.33. The maximum absolute atomic E-state index is 14.0. The van der Waals surface area contributed by atoms with Crippen molar-refractivity contribution in [1.29, 1.82) is 0 Å². The van der Waals surface area contributed by atoms with Crippen molar-refractivity contribution in [3.8, 4) is 0 Å². The zero-order chi connectivity index (χ0) is 18.3. The molecule has 2 unspecified atom stereocenters. The highest BCUT2D eigenvalue weighted by Crippen LogP contribution is 2.39. The van der Waals surface area contributed by atoms with Gasteiger partial charge < -0.3 is 5.11 Å². The molecule has 0 bridgehead atoms. The van der Waals surface area contributed by atoms with Gasteiger partial charge >= 0.3 is 0 Å². The van der Waals surface area contributed by atoms with Gasteiger partial charge in [0.05, 0.1) is 20.7 Å². The third kappa shape index (κ3) is 4.67. The Morgan fingerprint density at radius 2 is 1.52 bits per heavy atom. The van der Waals surface area contributed by atoms with Gasteiger partial charge in [0.15, 0.2) is 8.24 Å². The lowest BCUT2D eigenvalue weighted by atomic mass is 9.85. The number of aliphatic hydroxyl groups excluding tert-OH is 1. The van der Waals surface area contributed by atoms with Crippen LogP contribution in [-0.4, -0.2) is 22.3 Å². The Labute approximate surface area is 143 Å². The van der Waals surface area contributed by atoms with Crippen LogP contribution in [0.2, 0.25) is 19.6 Å². The first-order chi connectivity index (χ1) is 10.1. The van der Waals surface area contributed by atoms with Crippen LogP contribution in [0.25, 0.3) is 0 Å². The standard InChI is InChI=1S/C18H33NO2SSi/c1-17(2,3)16(20)14-12-10-11-13-15(14)22(21,18(4,5)6)19-23(7,8)9/h10-13,16,20H,1-9H3. The Balaban J connectivity index is 3.80. The van der Waals surface area contributed by atoms with E-state index in [0.717, 1.165) is 5.56 Å². The van der Waals surface area contributed by atoms with E-state index in [1.54, 1.807) is 0 Å². The molecule has 0 radical (unpaired) electrons. The maximum atomic E-state index is 14.0. The van der Waals surface area contributed by atoms with E-state index in [2.05, 4.69) is 19.6 Å². The van der Waals surface area contributed by atoms with Gasteiger partial charge in [0.1, 0.15) is 0 Å². The second-order valence-electron chi connectivity index (χ2n) is 9.21. The fraction of sp³-hybridized carbons (Fsp3) is 0.667. The van der Waals surface area contributed by atoms with Gasteiger partial charge in [-0.2, -0.15) is 0 Å². The molecule has 0 saturated heterocycles. The van der Waals surface area contributed by atoms with E-state index in [1.165, 1.54) is 0 Å². The zero-order valence-corrected chi connectivity index (χ0v) is 17.9. The van der Waals surface area contributed by atoms with Crippen LogP contribution < -0.4 is 0 Å². The van der Waals surface area contributed by atoms with E-state index in [1.807, 2.05) is 65.8 Å². The van der Waals surface area contributed by atoms with Gasteiger partial charge in [-0.1, -0.05) is 39.0 Å². The van der Waals surface area contributed by atoms with Gasteiger partial charge in [0.25, 0.3) is 0 Å². The summed E-state index contributed by atoms with van der Waals surface area (Å²) in [7, 11) is -4.57. The lowest BCUT2D eigenvalue weighted by Gasteiger charge is -2.33. The average molecular weight is 356 g/mol. The number of rotatable bonds is 3. The molecular weight excluding hydrogens is 322 g/mol. The summed E-state index contributed by atoms with van der Waals surface area (Å²) in [6.45, 7) is 18.2. The predicted molar refractivity (Wildman–Crippen MR) is 103 cm³/mol. The van der Waals surface area contributed by atoms with Gasteiger partial charge in [-0.05, 0) is 57.5 Å². The molecule has 3 nitrogen and oxygen atoms in total. The third-order valence-corrected chi connectivity index (χ3v) is 9.41. The number of hydrogen-bond acceptors (Lipinski definition) is 3. The van der Waals surface area contributed by atoms with E-state index in [-0.39, 0.29) is 5.41 Å². The first-order valence-electron chi connectivity index (χ1n) is 8.14. The molecule has 1 aromatic rings. The summed E-state index contributed by atoms with van der Waals surface area (Å²) >= 11 is 0. The van der Waals surface area contributed by atoms with Crippen LogP contribution >= 0.6 is 0 Å². The van der Waals surface area contributed by atoms with Crippen LogP contribution in [0, 0.1) is 5.41 Å². The highest BCUT2D eigenvalue weighted by molar-refractivity contribution is 7.95. The van der Waals surface area contributed by atoms with Crippen molar-refractivity contribution < 1.29 is 9.32 Å². The molecule has 0 aliphatic rings. The van der Waals surface area contributed by atoms with Crippen molar-refractivity contribution in [2.75, 3.05) is 0 Å². The van der Waals surface area contributed by atoms with Crippen molar-refractivity contribution in [2.45, 2.75) is 76.9 Å². The molecule has 0 aliphatic heterocycles. The molecule has 5 heteroatoms. The van der Waals surface area contributed by atoms with Crippen LogP contribution in [0.5, 0.6) is 0 Å². The molecule has 0 saturated carbocycles. The van der Waals surface area contributed by atoms with Crippen LogP contribution in [-0.2, 0) is 9.73 Å². The third-order valence-electron chi connectivity index (χ3n) is 3.56. The van der Waals surface area contributed by atoms with E-state index < -0.39 is 28.8 Å². The van der Waals surface area contributed by atoms with Crippen molar-refractivity contribution in [3.05, 3.63) is 29.8 Å². The highest BCUT2D eigenvalue weighted by Gasteiger charge is 2.36. The molecule has 23 heavy (non-hydrogen) atoms. The van der Waals surface area contributed by atoms with E-state index in [4.69, 9.17) is 4.03 Å². The molecule has 0 aliphatic carbocycles. The summed E-state index contributed by atoms with van der Waals surface area (Å²) in [5.41, 5.74) is 0.412. The minimum Gasteiger partial charge on any atom is -0.388 e. The summed E-state index contributed by atoms with van der Waals surface area (Å²) in [5, 5.41) is 10.8. The molecule has 1 N–H and O–H groups in total. The molecule has 2 atom stereocenters. The first-order valence-corrected chi connectivity index (χ1v) is 13.1. The van der Waals surface area contributed by atoms with Gasteiger partial charge in [0, 0.05) is 4.75 Å². The number of nitrogens with zero attached hydrogens (tertiary/aromatic N) is 1. The summed E-state index contributed by atoms with van der Waals surface area (Å²) in [4.78, 5) is 0.692. The molecule has 0 aromatic heterocycles. The number of benzene rings is 1. The van der Waals surface area contributed by atoms with Gasteiger partial charge in [-0.3, -0.25) is 4.03 Å². The smallest absolute Gasteiger partial charge is 0.185 e. The van der Waals surface area contributed by atoms with Crippen molar-refractivity contribution in [2.24, 2.45) is 9.44 Å². The predicted octanol–water partition coefficient (Wildman–Crippen LogP) is 5.23. The zero-order valence-electron chi connectivity index (χ0n) is 16.1. The number of aliphatic hydroxyl groups is 1. The Hall–Kier alpha value is -0.653. The molecule has 0 spiro atoms. The summed E-state index contributed by atoms with van der Waals surface area (Å²) in [6, 6.07) is 7.54. The van der Waals surface area contributed by atoms with E-state index >= 15 is 0 Å². The fourth-order valence-corrected chi connectivity index (χ4v) is 8.32. The normalized spacial score (nSPS) is 17.5. The molecular formula is C18H33NO2SSi. The minimum atomic E-state index is -2.65. The molecule has 1 aromatic carbocycles. The van der Waals surface area contributed by atoms with Crippen LogP contribution in [0.15, 0.2) is 33.2 Å². The van der Waals surface area contributed by atoms with Gasteiger partial charge in [0.2, 0.25) is 0 Å². The van der Waals surface area contributed by atoms with Crippen molar-refractivity contribution in [3.63, 3.8) is 0 Å². The summed E-state index contributed by atoms with van der Waals surface area (Å²) in [6.07, 6.45) is -0.682. The van der Waals surface area contributed by atoms with Crippen LogP contribution in [0.3, 0.4) is 0 Å². The summed E-state index contributed by atoms with van der Waals surface area (Å²) in [5.74, 6) is 0. The number of hydrogen-bond donors (Lipinski definition) is 1. The Bertz CT molecular complexity index is 669. The Morgan fingerprint density at radius 1 is 1.04 bits per heavy atom. The molecule has 0 heterocycles. The SMILES string of the molecule is CC(C)(C)C(O)c1ccccc1S(=O)(=N[Si](C)(C)C)C(C)(C)C. The maximum Gasteiger partial charge on any atom is 0.185 e. The van der Waals surface area contributed by atoms with Crippen molar-refractivity contribution in [1.82, 2.24) is 0 Å². The van der Waals surface area contributed by atoms with Crippen LogP contribution in [0.1, 0.15) is 53.2 Å². The monoisotopic (exact) mass is 355 g/mol. The quantitative estimate of drug-likeness (QED) is 0.755.